The molecule has 1 heterocycles. The predicted octanol–water partition coefficient (Wildman–Crippen LogP) is 2.29. The SMILES string of the molecule is COc1cncnc1-c1ccc(F)cc1. The maximum absolute atomic E-state index is 12.7. The summed E-state index contributed by atoms with van der Waals surface area (Å²) in [5, 5.41) is 0. The summed E-state index contributed by atoms with van der Waals surface area (Å²) >= 11 is 0. The summed E-state index contributed by atoms with van der Waals surface area (Å²) < 4.78 is 17.8. The molecule has 4 heteroatoms. The highest BCUT2D eigenvalue weighted by atomic mass is 19.1. The van der Waals surface area contributed by atoms with Crippen LogP contribution in [0.4, 0.5) is 4.39 Å². The molecule has 2 rings (SSSR count). The standard InChI is InChI=1S/C11H9FN2O/c1-15-10-6-13-7-14-11(10)8-2-4-9(12)5-3-8/h2-7H,1H3. The summed E-state index contributed by atoms with van der Waals surface area (Å²) in [6, 6.07) is 6.08. The summed E-state index contributed by atoms with van der Waals surface area (Å²) in [7, 11) is 1.55. The van der Waals surface area contributed by atoms with E-state index in [9.17, 15) is 4.39 Å². The fraction of sp³-hybridized carbons (Fsp3) is 0.0909. The Balaban J connectivity index is 2.49. The second-order valence-corrected chi connectivity index (χ2v) is 2.95. The van der Waals surface area contributed by atoms with Crippen LogP contribution in [0.5, 0.6) is 5.75 Å². The van der Waals surface area contributed by atoms with Crippen LogP contribution in [0.1, 0.15) is 0 Å². The van der Waals surface area contributed by atoms with Crippen LogP contribution in [0, 0.1) is 5.82 Å². The Morgan fingerprint density at radius 1 is 1.20 bits per heavy atom. The van der Waals surface area contributed by atoms with Crippen LogP contribution in [0.15, 0.2) is 36.8 Å². The molecule has 15 heavy (non-hydrogen) atoms. The third-order valence-electron chi connectivity index (χ3n) is 2.02. The van der Waals surface area contributed by atoms with Crippen LogP contribution in [0.2, 0.25) is 0 Å². The number of ether oxygens (including phenoxy) is 1. The molecular weight excluding hydrogens is 195 g/mol. The van der Waals surface area contributed by atoms with Gasteiger partial charge in [0.2, 0.25) is 0 Å². The lowest BCUT2D eigenvalue weighted by atomic mass is 10.1. The Labute approximate surface area is 86.6 Å². The van der Waals surface area contributed by atoms with Gasteiger partial charge in [-0.05, 0) is 24.3 Å². The van der Waals surface area contributed by atoms with E-state index in [0.29, 0.717) is 11.4 Å². The van der Waals surface area contributed by atoms with Crippen LogP contribution in [-0.2, 0) is 0 Å². The fourth-order valence-electron chi connectivity index (χ4n) is 1.29. The number of nitrogens with zero attached hydrogens (tertiary/aromatic N) is 2. The average Bonchev–Trinajstić information content (AvgIpc) is 2.30. The van der Waals surface area contributed by atoms with E-state index in [1.807, 2.05) is 0 Å². The van der Waals surface area contributed by atoms with E-state index in [0.717, 1.165) is 5.56 Å². The monoisotopic (exact) mass is 204 g/mol. The van der Waals surface area contributed by atoms with Gasteiger partial charge in [-0.3, -0.25) is 0 Å². The molecule has 0 atom stereocenters. The number of aromatic nitrogens is 2. The van der Waals surface area contributed by atoms with Crippen molar-refractivity contribution in [2.24, 2.45) is 0 Å². The molecule has 0 aliphatic rings. The Morgan fingerprint density at radius 3 is 2.60 bits per heavy atom. The first-order valence-corrected chi connectivity index (χ1v) is 4.41. The Morgan fingerprint density at radius 2 is 1.93 bits per heavy atom. The number of hydrogen-bond donors (Lipinski definition) is 0. The van der Waals surface area contributed by atoms with Crippen LogP contribution < -0.4 is 4.74 Å². The van der Waals surface area contributed by atoms with Gasteiger partial charge in [-0.15, -0.1) is 0 Å². The van der Waals surface area contributed by atoms with Gasteiger partial charge in [0.25, 0.3) is 0 Å². The molecule has 0 spiro atoms. The minimum atomic E-state index is -0.272. The third-order valence-corrected chi connectivity index (χ3v) is 2.02. The van der Waals surface area contributed by atoms with Crippen molar-refractivity contribution in [3.05, 3.63) is 42.6 Å². The molecule has 0 fully saturated rings. The average molecular weight is 204 g/mol. The van der Waals surface area contributed by atoms with Gasteiger partial charge in [-0.1, -0.05) is 0 Å². The zero-order chi connectivity index (χ0) is 10.7. The molecule has 0 N–H and O–H groups in total. The van der Waals surface area contributed by atoms with Crippen molar-refractivity contribution in [2.45, 2.75) is 0 Å². The van der Waals surface area contributed by atoms with E-state index >= 15 is 0 Å². The van der Waals surface area contributed by atoms with Crippen molar-refractivity contribution < 1.29 is 9.13 Å². The minimum Gasteiger partial charge on any atom is -0.493 e. The first-order valence-electron chi connectivity index (χ1n) is 4.41. The molecule has 76 valence electrons. The lowest BCUT2D eigenvalue weighted by Gasteiger charge is -2.05. The van der Waals surface area contributed by atoms with Gasteiger partial charge >= 0.3 is 0 Å². The summed E-state index contributed by atoms with van der Waals surface area (Å²) in [5.41, 5.74) is 1.46. The maximum Gasteiger partial charge on any atom is 0.163 e. The zero-order valence-electron chi connectivity index (χ0n) is 8.14. The molecule has 0 unspecified atom stereocenters. The molecule has 0 aliphatic carbocycles. The molecule has 0 amide bonds. The lowest BCUT2D eigenvalue weighted by Crippen LogP contribution is -1.92. The zero-order valence-corrected chi connectivity index (χ0v) is 8.14. The van der Waals surface area contributed by atoms with E-state index in [-0.39, 0.29) is 5.82 Å². The van der Waals surface area contributed by atoms with Crippen LogP contribution in [0.3, 0.4) is 0 Å². The van der Waals surface area contributed by atoms with Gasteiger partial charge < -0.3 is 4.74 Å². The van der Waals surface area contributed by atoms with Crippen LogP contribution in [0.25, 0.3) is 11.3 Å². The largest absolute Gasteiger partial charge is 0.493 e. The maximum atomic E-state index is 12.7. The molecule has 1 aromatic heterocycles. The number of rotatable bonds is 2. The number of methoxy groups -OCH3 is 1. The van der Waals surface area contributed by atoms with Gasteiger partial charge in [0.05, 0.1) is 13.3 Å². The highest BCUT2D eigenvalue weighted by Crippen LogP contribution is 2.25. The Kier molecular flexibility index (Phi) is 2.58. The summed E-state index contributed by atoms with van der Waals surface area (Å²) in [6.45, 7) is 0. The van der Waals surface area contributed by atoms with E-state index < -0.39 is 0 Å². The van der Waals surface area contributed by atoms with E-state index in [4.69, 9.17) is 4.74 Å². The van der Waals surface area contributed by atoms with Gasteiger partial charge in [-0.2, -0.15) is 0 Å². The summed E-state index contributed by atoms with van der Waals surface area (Å²) in [4.78, 5) is 7.94. The van der Waals surface area contributed by atoms with Crippen molar-refractivity contribution in [3.8, 4) is 17.0 Å². The first kappa shape index (κ1) is 9.58. The number of halogens is 1. The Hall–Kier alpha value is -1.97. The molecule has 0 bridgehead atoms. The van der Waals surface area contributed by atoms with Crippen molar-refractivity contribution in [1.29, 1.82) is 0 Å². The highest BCUT2D eigenvalue weighted by molar-refractivity contribution is 5.65. The normalized spacial score (nSPS) is 10.0. The van der Waals surface area contributed by atoms with E-state index in [1.54, 1.807) is 25.4 Å². The van der Waals surface area contributed by atoms with Crippen LogP contribution >= 0.6 is 0 Å². The smallest absolute Gasteiger partial charge is 0.163 e. The van der Waals surface area contributed by atoms with Gasteiger partial charge in [-0.25, -0.2) is 14.4 Å². The van der Waals surface area contributed by atoms with Crippen molar-refractivity contribution >= 4 is 0 Å². The van der Waals surface area contributed by atoms with Gasteiger partial charge in [0, 0.05) is 5.56 Å². The van der Waals surface area contributed by atoms with E-state index in [2.05, 4.69) is 9.97 Å². The van der Waals surface area contributed by atoms with Crippen molar-refractivity contribution in [1.82, 2.24) is 9.97 Å². The second-order valence-electron chi connectivity index (χ2n) is 2.95. The third kappa shape index (κ3) is 1.93. The molecule has 0 aliphatic heterocycles. The van der Waals surface area contributed by atoms with Crippen molar-refractivity contribution in [2.75, 3.05) is 7.11 Å². The molecule has 3 nitrogen and oxygen atoms in total. The first-order chi connectivity index (χ1) is 7.31. The Bertz CT molecular complexity index is 456. The summed E-state index contributed by atoms with van der Waals surface area (Å²) in [6.07, 6.45) is 3.01. The van der Waals surface area contributed by atoms with Crippen molar-refractivity contribution in [3.63, 3.8) is 0 Å². The highest BCUT2D eigenvalue weighted by Gasteiger charge is 2.06. The molecule has 1 aromatic carbocycles. The number of hydrogen-bond acceptors (Lipinski definition) is 3. The molecule has 0 saturated heterocycles. The van der Waals surface area contributed by atoms with Crippen LogP contribution in [-0.4, -0.2) is 17.1 Å². The lowest BCUT2D eigenvalue weighted by molar-refractivity contribution is 0.412. The van der Waals surface area contributed by atoms with Gasteiger partial charge in [0.15, 0.2) is 5.75 Å². The van der Waals surface area contributed by atoms with Gasteiger partial charge in [0.1, 0.15) is 17.8 Å². The molecule has 0 radical (unpaired) electrons. The molecule has 0 saturated carbocycles. The fourth-order valence-corrected chi connectivity index (χ4v) is 1.29. The second kappa shape index (κ2) is 4.04. The summed E-state index contributed by atoms with van der Waals surface area (Å²) in [5.74, 6) is 0.302. The molecule has 2 aromatic rings. The number of benzene rings is 1. The topological polar surface area (TPSA) is 35.0 Å². The van der Waals surface area contributed by atoms with E-state index in [1.165, 1.54) is 18.5 Å². The molecular formula is C11H9FN2O. The minimum absolute atomic E-state index is 0.272. The predicted molar refractivity (Wildman–Crippen MR) is 54.0 cm³/mol. The quantitative estimate of drug-likeness (QED) is 0.752.